The van der Waals surface area contributed by atoms with E-state index in [0.29, 0.717) is 13.0 Å². The van der Waals surface area contributed by atoms with Gasteiger partial charge < -0.3 is 10.2 Å². The number of pyridine rings is 1. The minimum Gasteiger partial charge on any atom is -0.340 e. The van der Waals surface area contributed by atoms with Gasteiger partial charge in [0.15, 0.2) is 0 Å². The van der Waals surface area contributed by atoms with E-state index in [-0.39, 0.29) is 5.91 Å². The molecule has 0 aliphatic rings. The SMILES string of the molecule is CCNCCC(=O)N(C)Cc1ccccn1. The van der Waals surface area contributed by atoms with Crippen molar-refractivity contribution < 1.29 is 4.79 Å². The van der Waals surface area contributed by atoms with Crippen LogP contribution in [0.1, 0.15) is 19.0 Å². The summed E-state index contributed by atoms with van der Waals surface area (Å²) in [7, 11) is 1.81. The molecule has 16 heavy (non-hydrogen) atoms. The Morgan fingerprint density at radius 2 is 2.31 bits per heavy atom. The summed E-state index contributed by atoms with van der Waals surface area (Å²) >= 11 is 0. The molecule has 0 aliphatic carbocycles. The van der Waals surface area contributed by atoms with Gasteiger partial charge in [-0.05, 0) is 18.7 Å². The Balaban J connectivity index is 2.34. The molecule has 0 saturated heterocycles. The lowest BCUT2D eigenvalue weighted by Crippen LogP contribution is -2.29. The van der Waals surface area contributed by atoms with Crippen LogP contribution in [0.4, 0.5) is 0 Å². The number of rotatable bonds is 6. The summed E-state index contributed by atoms with van der Waals surface area (Å²) in [4.78, 5) is 17.6. The van der Waals surface area contributed by atoms with E-state index in [1.54, 1.807) is 11.1 Å². The van der Waals surface area contributed by atoms with E-state index in [1.165, 1.54) is 0 Å². The van der Waals surface area contributed by atoms with Gasteiger partial charge in [-0.1, -0.05) is 13.0 Å². The molecule has 1 N–H and O–H groups in total. The van der Waals surface area contributed by atoms with Gasteiger partial charge in [0.1, 0.15) is 0 Å². The highest BCUT2D eigenvalue weighted by atomic mass is 16.2. The van der Waals surface area contributed by atoms with Crippen molar-refractivity contribution in [3.63, 3.8) is 0 Å². The number of hydrogen-bond donors (Lipinski definition) is 1. The number of nitrogens with zero attached hydrogens (tertiary/aromatic N) is 2. The van der Waals surface area contributed by atoms with Crippen molar-refractivity contribution in [3.05, 3.63) is 30.1 Å². The summed E-state index contributed by atoms with van der Waals surface area (Å²) < 4.78 is 0. The molecule has 0 radical (unpaired) electrons. The van der Waals surface area contributed by atoms with Gasteiger partial charge >= 0.3 is 0 Å². The van der Waals surface area contributed by atoms with Crippen molar-refractivity contribution in [2.45, 2.75) is 19.9 Å². The van der Waals surface area contributed by atoms with E-state index in [4.69, 9.17) is 0 Å². The molecule has 88 valence electrons. The standard InChI is InChI=1S/C12H19N3O/c1-3-13-9-7-12(16)15(2)10-11-6-4-5-8-14-11/h4-6,8,13H,3,7,9-10H2,1-2H3. The van der Waals surface area contributed by atoms with Crippen LogP contribution in [0.25, 0.3) is 0 Å². The molecule has 1 aromatic heterocycles. The summed E-state index contributed by atoms with van der Waals surface area (Å²) in [5.74, 6) is 0.145. The highest BCUT2D eigenvalue weighted by molar-refractivity contribution is 5.75. The van der Waals surface area contributed by atoms with Gasteiger partial charge in [0.05, 0.1) is 12.2 Å². The molecule has 0 atom stereocenters. The smallest absolute Gasteiger partial charge is 0.223 e. The Kier molecular flexibility index (Phi) is 5.50. The average molecular weight is 221 g/mol. The predicted octanol–water partition coefficient (Wildman–Crippen LogP) is 1.04. The van der Waals surface area contributed by atoms with Crippen molar-refractivity contribution in [2.75, 3.05) is 20.1 Å². The van der Waals surface area contributed by atoms with Crippen LogP contribution in [-0.4, -0.2) is 35.9 Å². The van der Waals surface area contributed by atoms with Gasteiger partial charge in [0.2, 0.25) is 5.91 Å². The number of hydrogen-bond acceptors (Lipinski definition) is 3. The predicted molar refractivity (Wildman–Crippen MR) is 63.9 cm³/mol. The molecule has 1 heterocycles. The first-order chi connectivity index (χ1) is 7.74. The first-order valence-electron chi connectivity index (χ1n) is 5.58. The third-order valence-corrected chi connectivity index (χ3v) is 2.32. The van der Waals surface area contributed by atoms with Crippen molar-refractivity contribution in [1.29, 1.82) is 0 Å². The quantitative estimate of drug-likeness (QED) is 0.730. The molecule has 4 heteroatoms. The molecule has 0 bridgehead atoms. The van der Waals surface area contributed by atoms with E-state index in [2.05, 4.69) is 10.3 Å². The Labute approximate surface area is 96.7 Å². The first-order valence-corrected chi connectivity index (χ1v) is 5.58. The minimum absolute atomic E-state index is 0.145. The Morgan fingerprint density at radius 1 is 1.50 bits per heavy atom. The second kappa shape index (κ2) is 6.95. The molecule has 1 rings (SSSR count). The number of carbonyl (C=O) groups is 1. The third-order valence-electron chi connectivity index (χ3n) is 2.32. The number of aromatic nitrogens is 1. The third kappa shape index (κ3) is 4.40. The number of carbonyl (C=O) groups excluding carboxylic acids is 1. The molecule has 1 aromatic rings. The lowest BCUT2D eigenvalue weighted by atomic mass is 10.3. The summed E-state index contributed by atoms with van der Waals surface area (Å²) in [6.07, 6.45) is 2.28. The van der Waals surface area contributed by atoms with Crippen molar-refractivity contribution in [2.24, 2.45) is 0 Å². The highest BCUT2D eigenvalue weighted by Crippen LogP contribution is 2.00. The largest absolute Gasteiger partial charge is 0.340 e. The summed E-state index contributed by atoms with van der Waals surface area (Å²) in [5.41, 5.74) is 0.918. The number of amides is 1. The summed E-state index contributed by atoms with van der Waals surface area (Å²) in [5, 5.41) is 3.13. The van der Waals surface area contributed by atoms with E-state index >= 15 is 0 Å². The van der Waals surface area contributed by atoms with Gasteiger partial charge in [-0.2, -0.15) is 0 Å². The van der Waals surface area contributed by atoms with E-state index < -0.39 is 0 Å². The molecule has 0 fully saturated rings. The zero-order valence-electron chi connectivity index (χ0n) is 9.94. The summed E-state index contributed by atoms with van der Waals surface area (Å²) in [6.45, 7) is 4.24. The molecule has 4 nitrogen and oxygen atoms in total. The van der Waals surface area contributed by atoms with E-state index in [0.717, 1.165) is 18.8 Å². The van der Waals surface area contributed by atoms with Crippen molar-refractivity contribution in [3.8, 4) is 0 Å². The zero-order valence-corrected chi connectivity index (χ0v) is 9.94. The molecule has 1 amide bonds. The van der Waals surface area contributed by atoms with Crippen LogP contribution in [0, 0.1) is 0 Å². The van der Waals surface area contributed by atoms with Crippen LogP contribution in [0.5, 0.6) is 0 Å². The second-order valence-electron chi connectivity index (χ2n) is 3.67. The molecule has 0 saturated carbocycles. The van der Waals surface area contributed by atoms with Gasteiger partial charge in [-0.3, -0.25) is 9.78 Å². The van der Waals surface area contributed by atoms with Crippen LogP contribution in [-0.2, 0) is 11.3 Å². The first kappa shape index (κ1) is 12.6. The fourth-order valence-electron chi connectivity index (χ4n) is 1.39. The topological polar surface area (TPSA) is 45.2 Å². The van der Waals surface area contributed by atoms with Gasteiger partial charge in [-0.25, -0.2) is 0 Å². The zero-order chi connectivity index (χ0) is 11.8. The van der Waals surface area contributed by atoms with E-state index in [1.807, 2.05) is 32.2 Å². The van der Waals surface area contributed by atoms with Gasteiger partial charge in [0, 0.05) is 26.2 Å². The van der Waals surface area contributed by atoms with Crippen LogP contribution < -0.4 is 5.32 Å². The monoisotopic (exact) mass is 221 g/mol. The van der Waals surface area contributed by atoms with Crippen LogP contribution >= 0.6 is 0 Å². The van der Waals surface area contributed by atoms with Gasteiger partial charge in [-0.15, -0.1) is 0 Å². The average Bonchev–Trinajstić information content (AvgIpc) is 2.30. The fraction of sp³-hybridized carbons (Fsp3) is 0.500. The molecule has 0 unspecified atom stereocenters. The Morgan fingerprint density at radius 3 is 2.94 bits per heavy atom. The van der Waals surface area contributed by atoms with E-state index in [9.17, 15) is 4.79 Å². The molecule has 0 spiro atoms. The fourth-order valence-corrected chi connectivity index (χ4v) is 1.39. The normalized spacial score (nSPS) is 10.1. The molecular weight excluding hydrogens is 202 g/mol. The molecular formula is C12H19N3O. The second-order valence-corrected chi connectivity index (χ2v) is 3.67. The van der Waals surface area contributed by atoms with Gasteiger partial charge in [0.25, 0.3) is 0 Å². The van der Waals surface area contributed by atoms with Crippen LogP contribution in [0.15, 0.2) is 24.4 Å². The Hall–Kier alpha value is -1.42. The minimum atomic E-state index is 0.145. The molecule has 0 aliphatic heterocycles. The lowest BCUT2D eigenvalue weighted by molar-refractivity contribution is -0.130. The Bertz CT molecular complexity index is 313. The lowest BCUT2D eigenvalue weighted by Gasteiger charge is -2.16. The van der Waals surface area contributed by atoms with Crippen molar-refractivity contribution in [1.82, 2.24) is 15.2 Å². The summed E-state index contributed by atoms with van der Waals surface area (Å²) in [6, 6.07) is 5.73. The maximum Gasteiger partial charge on any atom is 0.223 e. The van der Waals surface area contributed by atoms with Crippen LogP contribution in [0.3, 0.4) is 0 Å². The maximum absolute atomic E-state index is 11.7. The maximum atomic E-state index is 11.7. The van der Waals surface area contributed by atoms with Crippen molar-refractivity contribution >= 4 is 5.91 Å². The van der Waals surface area contributed by atoms with Crippen LogP contribution in [0.2, 0.25) is 0 Å². The highest BCUT2D eigenvalue weighted by Gasteiger charge is 2.08. The molecule has 0 aromatic carbocycles. The number of nitrogens with one attached hydrogen (secondary N) is 1.